The minimum atomic E-state index is -0.358. The first-order valence-electron chi connectivity index (χ1n) is 8.55. The van der Waals surface area contributed by atoms with Crippen LogP contribution in [0, 0.1) is 25.7 Å². The minimum Gasteiger partial charge on any atom is -0.489 e. The van der Waals surface area contributed by atoms with Crippen LogP contribution in [-0.4, -0.2) is 29.9 Å². The van der Waals surface area contributed by atoms with E-state index in [1.165, 1.54) is 0 Å². The van der Waals surface area contributed by atoms with Gasteiger partial charge in [-0.1, -0.05) is 25.1 Å². The molecule has 4 nitrogen and oxygen atoms in total. The molecule has 2 atom stereocenters. The van der Waals surface area contributed by atoms with Gasteiger partial charge in [0.1, 0.15) is 0 Å². The van der Waals surface area contributed by atoms with Gasteiger partial charge in [-0.3, -0.25) is 9.59 Å². The molecule has 0 bridgehead atoms. The number of hydrogen-bond acceptors (Lipinski definition) is 4. The number of aryl methyl sites for hydroxylation is 2. The van der Waals surface area contributed by atoms with Crippen molar-refractivity contribution in [2.75, 3.05) is 13.2 Å². The summed E-state index contributed by atoms with van der Waals surface area (Å²) in [4.78, 5) is 26.3. The monoisotopic (exact) mass is 336 g/mol. The highest BCUT2D eigenvalue weighted by atomic mass is 16.5. The lowest BCUT2D eigenvalue weighted by Crippen LogP contribution is -2.37. The van der Waals surface area contributed by atoms with Gasteiger partial charge in [0.05, 0.1) is 18.8 Å². The lowest BCUT2D eigenvalue weighted by Gasteiger charge is -2.34. The number of benzene rings is 2. The zero-order valence-electron chi connectivity index (χ0n) is 14.6. The third-order valence-electron chi connectivity index (χ3n) is 5.65. The summed E-state index contributed by atoms with van der Waals surface area (Å²) in [7, 11) is 0. The molecule has 2 aliphatic rings. The second-order valence-electron chi connectivity index (χ2n) is 7.07. The van der Waals surface area contributed by atoms with Gasteiger partial charge in [-0.15, -0.1) is 0 Å². The number of aliphatic hydroxyl groups is 1. The summed E-state index contributed by atoms with van der Waals surface area (Å²) in [5.74, 6) is -0.685. The van der Waals surface area contributed by atoms with E-state index in [9.17, 15) is 14.7 Å². The van der Waals surface area contributed by atoms with Crippen molar-refractivity contribution in [2.24, 2.45) is 11.8 Å². The first-order chi connectivity index (χ1) is 12.0. The molecule has 0 saturated heterocycles. The summed E-state index contributed by atoms with van der Waals surface area (Å²) in [5, 5.41) is 11.5. The number of hydrogen-bond donors (Lipinski definition) is 1. The third-order valence-corrected chi connectivity index (χ3v) is 5.65. The molecular formula is C21H20O4. The van der Waals surface area contributed by atoms with E-state index in [2.05, 4.69) is 0 Å². The third kappa shape index (κ3) is 2.10. The van der Waals surface area contributed by atoms with E-state index >= 15 is 0 Å². The number of carbonyl (C=O) groups excluding carboxylic acids is 2. The van der Waals surface area contributed by atoms with E-state index in [0.29, 0.717) is 23.3 Å². The van der Waals surface area contributed by atoms with Crippen molar-refractivity contribution in [1.82, 2.24) is 0 Å². The molecule has 2 unspecified atom stereocenters. The predicted octanol–water partition coefficient (Wildman–Crippen LogP) is 3.36. The Hall–Kier alpha value is -2.46. The van der Waals surface area contributed by atoms with Crippen molar-refractivity contribution in [3.05, 3.63) is 57.9 Å². The second kappa shape index (κ2) is 5.53. The maximum atomic E-state index is 13.2. The van der Waals surface area contributed by atoms with Crippen molar-refractivity contribution in [1.29, 1.82) is 0 Å². The minimum absolute atomic E-state index is 0.00704. The molecule has 0 saturated carbocycles. The van der Waals surface area contributed by atoms with Crippen molar-refractivity contribution < 1.29 is 19.4 Å². The van der Waals surface area contributed by atoms with Crippen LogP contribution in [0.5, 0.6) is 0 Å². The molecule has 128 valence electrons. The zero-order valence-corrected chi connectivity index (χ0v) is 14.6. The normalized spacial score (nSPS) is 22.7. The lowest BCUT2D eigenvalue weighted by atomic mass is 9.75. The largest absolute Gasteiger partial charge is 0.489 e. The maximum Gasteiger partial charge on any atom is 0.229 e. The zero-order chi connectivity index (χ0) is 17.9. The maximum absolute atomic E-state index is 13.2. The van der Waals surface area contributed by atoms with E-state index in [4.69, 9.17) is 4.74 Å². The van der Waals surface area contributed by atoms with Gasteiger partial charge in [0, 0.05) is 17.0 Å². The molecule has 0 aromatic heterocycles. The van der Waals surface area contributed by atoms with Gasteiger partial charge in [-0.05, 0) is 47.7 Å². The van der Waals surface area contributed by atoms with Crippen LogP contribution < -0.4 is 0 Å². The van der Waals surface area contributed by atoms with Crippen LogP contribution in [0.3, 0.4) is 0 Å². The molecule has 2 aromatic carbocycles. The van der Waals surface area contributed by atoms with Crippen LogP contribution in [0.15, 0.2) is 35.6 Å². The molecule has 0 fully saturated rings. The van der Waals surface area contributed by atoms with Crippen LogP contribution in [0.25, 0.3) is 10.8 Å². The molecule has 4 rings (SSSR count). The van der Waals surface area contributed by atoms with Crippen LogP contribution in [0.4, 0.5) is 0 Å². The van der Waals surface area contributed by atoms with Gasteiger partial charge in [0.15, 0.2) is 11.5 Å². The Balaban J connectivity index is 2.01. The Morgan fingerprint density at radius 2 is 1.80 bits per heavy atom. The number of ketones is 2. The molecule has 0 radical (unpaired) electrons. The highest BCUT2D eigenvalue weighted by Crippen LogP contribution is 2.40. The van der Waals surface area contributed by atoms with Crippen LogP contribution >= 0.6 is 0 Å². The van der Waals surface area contributed by atoms with Gasteiger partial charge in [-0.2, -0.15) is 0 Å². The summed E-state index contributed by atoms with van der Waals surface area (Å²) < 4.78 is 5.67. The van der Waals surface area contributed by atoms with E-state index in [1.54, 1.807) is 6.07 Å². The molecule has 2 aromatic rings. The van der Waals surface area contributed by atoms with Crippen molar-refractivity contribution in [2.45, 2.75) is 20.8 Å². The summed E-state index contributed by atoms with van der Waals surface area (Å²) in [6, 6.07) is 7.53. The van der Waals surface area contributed by atoms with Crippen LogP contribution in [0.2, 0.25) is 0 Å². The van der Waals surface area contributed by atoms with Gasteiger partial charge in [-0.25, -0.2) is 0 Å². The quantitative estimate of drug-likeness (QED) is 0.867. The van der Waals surface area contributed by atoms with Crippen LogP contribution in [0.1, 0.15) is 38.8 Å². The SMILES string of the molecule is Cc1ccc2c3c(ccc2c1C)C(=O)C1=C(OCC(C)C1CO)C3=O. The fourth-order valence-electron chi connectivity index (χ4n) is 3.95. The Morgan fingerprint density at radius 3 is 2.52 bits per heavy atom. The fraction of sp³-hybridized carbons (Fsp3) is 0.333. The van der Waals surface area contributed by atoms with Crippen molar-refractivity contribution >= 4 is 22.3 Å². The molecule has 1 heterocycles. The first kappa shape index (κ1) is 16.0. The Bertz CT molecular complexity index is 968. The molecule has 4 heteroatoms. The smallest absolute Gasteiger partial charge is 0.229 e. The molecule has 0 amide bonds. The number of fused-ring (bicyclic) bond motifs is 3. The van der Waals surface area contributed by atoms with E-state index < -0.39 is 0 Å². The van der Waals surface area contributed by atoms with E-state index in [1.807, 2.05) is 39.0 Å². The standard InChI is InChI=1S/C21H20O4/c1-10-4-5-14-13(12(10)3)6-7-15-17(14)20(24)21-18(19(15)23)16(8-22)11(2)9-25-21/h4-7,11,16,22H,8-9H2,1-3H3. The summed E-state index contributed by atoms with van der Waals surface area (Å²) in [5.41, 5.74) is 3.42. The summed E-state index contributed by atoms with van der Waals surface area (Å²) in [6.07, 6.45) is 0. The number of rotatable bonds is 1. The molecular weight excluding hydrogens is 316 g/mol. The average Bonchev–Trinajstić information content (AvgIpc) is 2.61. The number of ether oxygens (including phenoxy) is 1. The number of aliphatic hydroxyl groups excluding tert-OH is 1. The van der Waals surface area contributed by atoms with Crippen molar-refractivity contribution in [3.8, 4) is 0 Å². The molecule has 1 aliphatic heterocycles. The van der Waals surface area contributed by atoms with Crippen LogP contribution in [-0.2, 0) is 4.74 Å². The van der Waals surface area contributed by atoms with E-state index in [-0.39, 0.29) is 35.8 Å². The Labute approximate surface area is 146 Å². The molecule has 1 N–H and O–H groups in total. The van der Waals surface area contributed by atoms with Gasteiger partial charge in [0.2, 0.25) is 5.78 Å². The van der Waals surface area contributed by atoms with E-state index in [0.717, 1.165) is 21.9 Å². The van der Waals surface area contributed by atoms with Gasteiger partial charge >= 0.3 is 0 Å². The van der Waals surface area contributed by atoms with Gasteiger partial charge in [0.25, 0.3) is 0 Å². The molecule has 0 spiro atoms. The number of Topliss-reactive ketones (excluding diaryl/α,β-unsaturated/α-hetero) is 2. The number of allylic oxidation sites excluding steroid dienone is 1. The summed E-state index contributed by atoms with van der Waals surface area (Å²) in [6.45, 7) is 6.14. The number of carbonyl (C=O) groups is 2. The average molecular weight is 336 g/mol. The lowest BCUT2D eigenvalue weighted by molar-refractivity contribution is 0.0612. The molecule has 25 heavy (non-hydrogen) atoms. The highest BCUT2D eigenvalue weighted by Gasteiger charge is 2.42. The molecule has 1 aliphatic carbocycles. The van der Waals surface area contributed by atoms with Gasteiger partial charge < -0.3 is 9.84 Å². The second-order valence-corrected chi connectivity index (χ2v) is 7.07. The highest BCUT2D eigenvalue weighted by molar-refractivity contribution is 6.30. The predicted molar refractivity (Wildman–Crippen MR) is 94.8 cm³/mol. The fourth-order valence-corrected chi connectivity index (χ4v) is 3.95. The topological polar surface area (TPSA) is 63.6 Å². The Morgan fingerprint density at radius 1 is 1.08 bits per heavy atom. The summed E-state index contributed by atoms with van der Waals surface area (Å²) >= 11 is 0. The Kier molecular flexibility index (Phi) is 3.55. The first-order valence-corrected chi connectivity index (χ1v) is 8.55. The van der Waals surface area contributed by atoms with Crippen molar-refractivity contribution in [3.63, 3.8) is 0 Å².